The summed E-state index contributed by atoms with van der Waals surface area (Å²) in [7, 11) is 0. The van der Waals surface area contributed by atoms with Gasteiger partial charge in [-0.25, -0.2) is 8.78 Å². The summed E-state index contributed by atoms with van der Waals surface area (Å²) in [6, 6.07) is 10.6. The Morgan fingerprint density at radius 1 is 0.941 bits per heavy atom. The highest BCUT2D eigenvalue weighted by Gasteiger charge is 2.14. The summed E-state index contributed by atoms with van der Waals surface area (Å²) >= 11 is 2.99. The van der Waals surface area contributed by atoms with Gasteiger partial charge >= 0.3 is 0 Å². The van der Waals surface area contributed by atoms with Crippen LogP contribution < -0.4 is 0 Å². The van der Waals surface area contributed by atoms with Gasteiger partial charge in [0.1, 0.15) is 17.7 Å². The molecule has 0 radical (unpaired) electrons. The molecule has 2 rings (SSSR count). The Hall–Kier alpha value is -1.73. The Balaban J connectivity index is 2.74. The van der Waals surface area contributed by atoms with Gasteiger partial charge in [0.25, 0.3) is 0 Å². The van der Waals surface area contributed by atoms with Gasteiger partial charge in [-0.3, -0.25) is 0 Å². The van der Waals surface area contributed by atoms with E-state index in [9.17, 15) is 8.78 Å². The number of rotatable bonds is 1. The van der Waals surface area contributed by atoms with Crippen molar-refractivity contribution in [1.82, 2.24) is 0 Å². The quantitative estimate of drug-likeness (QED) is 0.770. The van der Waals surface area contributed by atoms with Gasteiger partial charge in [0.05, 0.1) is 10.0 Å². The summed E-state index contributed by atoms with van der Waals surface area (Å²) in [6.07, 6.45) is 0. The number of halogens is 3. The maximum Gasteiger partial charge on any atom is 0.138 e. The zero-order valence-corrected chi connectivity index (χ0v) is 10.1. The van der Waals surface area contributed by atoms with E-state index in [0.717, 1.165) is 0 Å². The van der Waals surface area contributed by atoms with Crippen LogP contribution in [0.15, 0.2) is 40.9 Å². The molecule has 0 aliphatic rings. The molecule has 0 spiro atoms. The summed E-state index contributed by atoms with van der Waals surface area (Å²) in [5.74, 6) is -0.982. The van der Waals surface area contributed by atoms with Crippen LogP contribution in [0.1, 0.15) is 5.56 Å². The molecule has 0 aromatic heterocycles. The lowest BCUT2D eigenvalue weighted by Gasteiger charge is -2.07. The second-order valence-electron chi connectivity index (χ2n) is 3.38. The molecule has 0 unspecified atom stereocenters. The zero-order valence-electron chi connectivity index (χ0n) is 8.55. The third-order valence-electron chi connectivity index (χ3n) is 2.37. The predicted molar refractivity (Wildman–Crippen MR) is 64.2 cm³/mol. The summed E-state index contributed by atoms with van der Waals surface area (Å²) in [5.41, 5.74) is 0.749. The molecule has 4 heteroatoms. The maximum atomic E-state index is 13.6. The van der Waals surface area contributed by atoms with E-state index in [-0.39, 0.29) is 15.6 Å². The first-order valence-corrected chi connectivity index (χ1v) is 5.57. The lowest BCUT2D eigenvalue weighted by Crippen LogP contribution is -1.91. The van der Waals surface area contributed by atoms with Crippen LogP contribution in [0.3, 0.4) is 0 Å². The molecule has 0 aliphatic carbocycles. The molecule has 2 aromatic carbocycles. The Morgan fingerprint density at radius 2 is 1.65 bits per heavy atom. The molecule has 0 heterocycles. The molecule has 0 aliphatic heterocycles. The van der Waals surface area contributed by atoms with Crippen molar-refractivity contribution in [2.45, 2.75) is 0 Å². The molecule has 0 N–H and O–H groups in total. The third kappa shape index (κ3) is 2.06. The minimum Gasteiger partial charge on any atom is -0.206 e. The van der Waals surface area contributed by atoms with Crippen LogP contribution in [0, 0.1) is 23.0 Å². The van der Waals surface area contributed by atoms with Gasteiger partial charge in [0, 0.05) is 11.1 Å². The summed E-state index contributed by atoms with van der Waals surface area (Å²) in [4.78, 5) is 0. The lowest BCUT2D eigenvalue weighted by atomic mass is 10.00. The van der Waals surface area contributed by atoms with Crippen LogP contribution in [-0.4, -0.2) is 0 Å². The van der Waals surface area contributed by atoms with Crippen molar-refractivity contribution in [3.63, 3.8) is 0 Å². The molecule has 0 fully saturated rings. The highest BCUT2D eigenvalue weighted by atomic mass is 79.9. The second kappa shape index (κ2) is 4.64. The molecule has 0 bridgehead atoms. The SMILES string of the molecule is N#Cc1c(-c2ccccc2F)ccc(F)c1Br. The smallest absolute Gasteiger partial charge is 0.138 e. The zero-order chi connectivity index (χ0) is 12.4. The van der Waals surface area contributed by atoms with Crippen LogP contribution in [-0.2, 0) is 0 Å². The van der Waals surface area contributed by atoms with Crippen LogP contribution in [0.25, 0.3) is 11.1 Å². The highest BCUT2D eigenvalue weighted by molar-refractivity contribution is 9.10. The van der Waals surface area contributed by atoms with E-state index in [2.05, 4.69) is 15.9 Å². The van der Waals surface area contributed by atoms with Crippen molar-refractivity contribution >= 4 is 15.9 Å². The van der Waals surface area contributed by atoms with Crippen molar-refractivity contribution in [2.75, 3.05) is 0 Å². The van der Waals surface area contributed by atoms with Crippen molar-refractivity contribution < 1.29 is 8.78 Å². The van der Waals surface area contributed by atoms with E-state index in [0.29, 0.717) is 5.56 Å². The van der Waals surface area contributed by atoms with Gasteiger partial charge in [-0.15, -0.1) is 0 Å². The Labute approximate surface area is 105 Å². The van der Waals surface area contributed by atoms with Gasteiger partial charge in [0.15, 0.2) is 0 Å². The first-order chi connectivity index (χ1) is 8.15. The molecule has 0 amide bonds. The molecule has 0 saturated heterocycles. The van der Waals surface area contributed by atoms with Crippen LogP contribution in [0.5, 0.6) is 0 Å². The van der Waals surface area contributed by atoms with Crippen LogP contribution >= 0.6 is 15.9 Å². The number of hydrogen-bond acceptors (Lipinski definition) is 1. The van der Waals surface area contributed by atoms with Gasteiger partial charge < -0.3 is 0 Å². The number of nitriles is 1. The van der Waals surface area contributed by atoms with E-state index in [4.69, 9.17) is 5.26 Å². The molecule has 84 valence electrons. The Bertz CT molecular complexity index is 617. The molecule has 1 nitrogen and oxygen atoms in total. The summed E-state index contributed by atoms with van der Waals surface area (Å²) < 4.78 is 26.9. The van der Waals surface area contributed by atoms with E-state index < -0.39 is 11.6 Å². The van der Waals surface area contributed by atoms with E-state index in [1.807, 2.05) is 6.07 Å². The normalized spacial score (nSPS) is 10.0. The molecule has 17 heavy (non-hydrogen) atoms. The molecular weight excluding hydrogens is 288 g/mol. The van der Waals surface area contributed by atoms with Crippen molar-refractivity contribution in [1.29, 1.82) is 5.26 Å². The summed E-state index contributed by atoms with van der Waals surface area (Å²) in [6.45, 7) is 0. The molecule has 0 atom stereocenters. The topological polar surface area (TPSA) is 23.8 Å². The van der Waals surface area contributed by atoms with Crippen LogP contribution in [0.4, 0.5) is 8.78 Å². The van der Waals surface area contributed by atoms with E-state index in [1.54, 1.807) is 18.2 Å². The second-order valence-corrected chi connectivity index (χ2v) is 4.17. The van der Waals surface area contributed by atoms with E-state index in [1.165, 1.54) is 18.2 Å². The Morgan fingerprint density at radius 3 is 2.29 bits per heavy atom. The average molecular weight is 294 g/mol. The van der Waals surface area contributed by atoms with Gasteiger partial charge in [-0.1, -0.05) is 18.2 Å². The van der Waals surface area contributed by atoms with Gasteiger partial charge in [-0.2, -0.15) is 5.26 Å². The summed E-state index contributed by atoms with van der Waals surface area (Å²) in [5, 5.41) is 9.01. The maximum absolute atomic E-state index is 13.6. The van der Waals surface area contributed by atoms with Gasteiger partial charge in [0.2, 0.25) is 0 Å². The largest absolute Gasteiger partial charge is 0.206 e. The van der Waals surface area contributed by atoms with Crippen molar-refractivity contribution in [2.24, 2.45) is 0 Å². The first kappa shape index (κ1) is 11.7. The fourth-order valence-corrected chi connectivity index (χ4v) is 2.00. The minimum absolute atomic E-state index is 0.0563. The molecule has 2 aromatic rings. The molecular formula is C13H6BrF2N. The fourth-order valence-electron chi connectivity index (χ4n) is 1.56. The number of hydrogen-bond donors (Lipinski definition) is 0. The monoisotopic (exact) mass is 293 g/mol. The van der Waals surface area contributed by atoms with Crippen LogP contribution in [0.2, 0.25) is 0 Å². The number of benzene rings is 2. The minimum atomic E-state index is -0.540. The predicted octanol–water partition coefficient (Wildman–Crippen LogP) is 4.27. The lowest BCUT2D eigenvalue weighted by molar-refractivity contribution is 0.619. The average Bonchev–Trinajstić information content (AvgIpc) is 2.33. The third-order valence-corrected chi connectivity index (χ3v) is 3.15. The standard InChI is InChI=1S/C13H6BrF2N/c14-13-10(7-17)8(5-6-12(13)16)9-3-1-2-4-11(9)15/h1-6H. The highest BCUT2D eigenvalue weighted by Crippen LogP contribution is 2.32. The fraction of sp³-hybridized carbons (Fsp3) is 0. The number of nitrogens with zero attached hydrogens (tertiary/aromatic N) is 1. The first-order valence-electron chi connectivity index (χ1n) is 4.78. The van der Waals surface area contributed by atoms with E-state index >= 15 is 0 Å². The van der Waals surface area contributed by atoms with Gasteiger partial charge in [-0.05, 0) is 34.1 Å². The van der Waals surface area contributed by atoms with Crippen molar-refractivity contribution in [3.8, 4) is 17.2 Å². The van der Waals surface area contributed by atoms with Crippen molar-refractivity contribution in [3.05, 3.63) is 58.1 Å². The molecule has 0 saturated carbocycles. The Kier molecular flexibility index (Phi) is 3.21.